The third-order valence-electron chi connectivity index (χ3n) is 1.85. The SMILES string of the molecule is Cc1noc(CNc2cc(=O)[nH]c(C)n2)n1. The lowest BCUT2D eigenvalue weighted by molar-refractivity contribution is 0.379. The van der Waals surface area contributed by atoms with Gasteiger partial charge < -0.3 is 14.8 Å². The summed E-state index contributed by atoms with van der Waals surface area (Å²) in [6.07, 6.45) is 0. The lowest BCUT2D eigenvalue weighted by Crippen LogP contribution is -2.11. The van der Waals surface area contributed by atoms with Crippen molar-refractivity contribution in [2.24, 2.45) is 0 Å². The molecule has 0 fully saturated rings. The van der Waals surface area contributed by atoms with Gasteiger partial charge >= 0.3 is 0 Å². The summed E-state index contributed by atoms with van der Waals surface area (Å²) in [6, 6.07) is 1.37. The van der Waals surface area contributed by atoms with Crippen LogP contribution < -0.4 is 10.9 Å². The van der Waals surface area contributed by atoms with Gasteiger partial charge in [-0.15, -0.1) is 0 Å². The van der Waals surface area contributed by atoms with Gasteiger partial charge in [-0.2, -0.15) is 4.98 Å². The van der Waals surface area contributed by atoms with Gasteiger partial charge in [0.25, 0.3) is 5.56 Å². The zero-order chi connectivity index (χ0) is 11.5. The lowest BCUT2D eigenvalue weighted by atomic mass is 10.5. The van der Waals surface area contributed by atoms with Crippen LogP contribution in [0.5, 0.6) is 0 Å². The highest BCUT2D eigenvalue weighted by Crippen LogP contribution is 2.02. The fourth-order valence-corrected chi connectivity index (χ4v) is 1.25. The fourth-order valence-electron chi connectivity index (χ4n) is 1.25. The molecule has 0 saturated carbocycles. The summed E-state index contributed by atoms with van der Waals surface area (Å²) in [5.41, 5.74) is -0.197. The number of aromatic amines is 1. The van der Waals surface area contributed by atoms with Crippen molar-refractivity contribution in [2.45, 2.75) is 20.4 Å². The molecule has 2 aromatic rings. The van der Waals surface area contributed by atoms with Crippen LogP contribution in [0, 0.1) is 13.8 Å². The van der Waals surface area contributed by atoms with Crippen LogP contribution in [0.25, 0.3) is 0 Å². The quantitative estimate of drug-likeness (QED) is 0.777. The van der Waals surface area contributed by atoms with Crippen LogP contribution >= 0.6 is 0 Å². The Kier molecular flexibility index (Phi) is 2.67. The highest BCUT2D eigenvalue weighted by atomic mass is 16.5. The molecule has 0 spiro atoms. The summed E-state index contributed by atoms with van der Waals surface area (Å²) in [5.74, 6) is 2.07. The Hall–Kier alpha value is -2.18. The molecule has 7 heteroatoms. The summed E-state index contributed by atoms with van der Waals surface area (Å²) < 4.78 is 4.91. The van der Waals surface area contributed by atoms with E-state index in [1.807, 2.05) is 0 Å². The number of hydrogen-bond donors (Lipinski definition) is 2. The molecule has 16 heavy (non-hydrogen) atoms. The molecule has 2 rings (SSSR count). The topological polar surface area (TPSA) is 96.7 Å². The molecule has 0 aliphatic rings. The van der Waals surface area contributed by atoms with Gasteiger partial charge in [0.1, 0.15) is 11.6 Å². The lowest BCUT2D eigenvalue weighted by Gasteiger charge is -2.01. The number of nitrogens with one attached hydrogen (secondary N) is 2. The number of nitrogens with zero attached hydrogens (tertiary/aromatic N) is 3. The second-order valence-electron chi connectivity index (χ2n) is 3.30. The summed E-state index contributed by atoms with van der Waals surface area (Å²) in [5, 5.41) is 6.58. The molecule has 0 aliphatic heterocycles. The Morgan fingerprint density at radius 3 is 2.88 bits per heavy atom. The minimum absolute atomic E-state index is 0.197. The van der Waals surface area contributed by atoms with Gasteiger partial charge in [-0.3, -0.25) is 4.79 Å². The highest BCUT2D eigenvalue weighted by Gasteiger charge is 2.03. The van der Waals surface area contributed by atoms with Crippen molar-refractivity contribution in [3.8, 4) is 0 Å². The summed E-state index contributed by atoms with van der Waals surface area (Å²) in [6.45, 7) is 3.79. The van der Waals surface area contributed by atoms with Crippen molar-refractivity contribution < 1.29 is 4.52 Å². The van der Waals surface area contributed by atoms with Crippen LogP contribution in [0.2, 0.25) is 0 Å². The van der Waals surface area contributed by atoms with Crippen molar-refractivity contribution in [3.05, 3.63) is 34.0 Å². The highest BCUT2D eigenvalue weighted by molar-refractivity contribution is 5.32. The molecule has 0 unspecified atom stereocenters. The van der Waals surface area contributed by atoms with Crippen LogP contribution in [-0.4, -0.2) is 20.1 Å². The Morgan fingerprint density at radius 1 is 1.44 bits per heavy atom. The number of aryl methyl sites for hydroxylation is 2. The molecular formula is C9H11N5O2. The van der Waals surface area contributed by atoms with E-state index >= 15 is 0 Å². The van der Waals surface area contributed by atoms with Crippen LogP contribution in [0.3, 0.4) is 0 Å². The predicted octanol–water partition coefficient (Wildman–Crippen LogP) is 0.382. The van der Waals surface area contributed by atoms with E-state index in [0.29, 0.717) is 29.9 Å². The standard InChI is InChI=1S/C9H11N5O2/c1-5-11-7(3-8(15)12-5)10-4-9-13-6(2)14-16-9/h3H,4H2,1-2H3,(H2,10,11,12,15). The zero-order valence-corrected chi connectivity index (χ0v) is 8.94. The molecule has 2 aromatic heterocycles. The van der Waals surface area contributed by atoms with E-state index in [-0.39, 0.29) is 5.56 Å². The maximum atomic E-state index is 11.1. The second kappa shape index (κ2) is 4.13. The number of aromatic nitrogens is 4. The first-order valence-electron chi connectivity index (χ1n) is 4.74. The molecule has 0 saturated heterocycles. The molecule has 0 amide bonds. The number of rotatable bonds is 3. The van der Waals surface area contributed by atoms with Crippen LogP contribution in [0.4, 0.5) is 5.82 Å². The van der Waals surface area contributed by atoms with Gasteiger partial charge in [0, 0.05) is 6.07 Å². The van der Waals surface area contributed by atoms with Crippen LogP contribution in [0.15, 0.2) is 15.4 Å². The third kappa shape index (κ3) is 2.44. The monoisotopic (exact) mass is 221 g/mol. The smallest absolute Gasteiger partial charge is 0.252 e. The molecule has 0 aromatic carbocycles. The average Bonchev–Trinajstić information content (AvgIpc) is 2.60. The molecule has 84 valence electrons. The maximum Gasteiger partial charge on any atom is 0.252 e. The van der Waals surface area contributed by atoms with E-state index in [1.165, 1.54) is 6.07 Å². The van der Waals surface area contributed by atoms with E-state index in [0.717, 1.165) is 0 Å². The first-order chi connectivity index (χ1) is 7.63. The van der Waals surface area contributed by atoms with Crippen molar-refractivity contribution in [1.29, 1.82) is 0 Å². The van der Waals surface area contributed by atoms with E-state index in [1.54, 1.807) is 13.8 Å². The molecular weight excluding hydrogens is 210 g/mol. The van der Waals surface area contributed by atoms with Gasteiger partial charge in [0.15, 0.2) is 5.82 Å². The van der Waals surface area contributed by atoms with Crippen LogP contribution in [-0.2, 0) is 6.54 Å². The molecule has 0 radical (unpaired) electrons. The van der Waals surface area contributed by atoms with Gasteiger partial charge in [0.2, 0.25) is 5.89 Å². The van der Waals surface area contributed by atoms with Gasteiger partial charge in [-0.05, 0) is 13.8 Å². The summed E-state index contributed by atoms with van der Waals surface area (Å²) >= 11 is 0. The number of anilines is 1. The summed E-state index contributed by atoms with van der Waals surface area (Å²) in [7, 11) is 0. The first-order valence-corrected chi connectivity index (χ1v) is 4.74. The van der Waals surface area contributed by atoms with Gasteiger partial charge in [0.05, 0.1) is 6.54 Å². The molecule has 2 heterocycles. The predicted molar refractivity (Wildman–Crippen MR) is 56.0 cm³/mol. The van der Waals surface area contributed by atoms with Gasteiger partial charge in [-0.1, -0.05) is 5.16 Å². The molecule has 7 nitrogen and oxygen atoms in total. The van der Waals surface area contributed by atoms with Crippen molar-refractivity contribution in [2.75, 3.05) is 5.32 Å². The molecule has 0 bridgehead atoms. The number of H-pyrrole nitrogens is 1. The first kappa shape index (κ1) is 10.3. The Bertz CT molecular complexity index is 545. The number of hydrogen-bond acceptors (Lipinski definition) is 6. The normalized spacial score (nSPS) is 10.4. The molecule has 0 aliphatic carbocycles. The van der Waals surface area contributed by atoms with Gasteiger partial charge in [-0.25, -0.2) is 4.98 Å². The third-order valence-corrected chi connectivity index (χ3v) is 1.85. The Labute approximate surface area is 90.9 Å². The Balaban J connectivity index is 2.07. The minimum Gasteiger partial charge on any atom is -0.361 e. The molecule has 2 N–H and O–H groups in total. The summed E-state index contributed by atoms with van der Waals surface area (Å²) in [4.78, 5) is 21.8. The Morgan fingerprint density at radius 2 is 2.25 bits per heavy atom. The van der Waals surface area contributed by atoms with E-state index in [2.05, 4.69) is 25.4 Å². The minimum atomic E-state index is -0.197. The zero-order valence-electron chi connectivity index (χ0n) is 8.94. The average molecular weight is 221 g/mol. The van der Waals surface area contributed by atoms with E-state index in [4.69, 9.17) is 4.52 Å². The van der Waals surface area contributed by atoms with E-state index in [9.17, 15) is 4.79 Å². The van der Waals surface area contributed by atoms with Crippen molar-refractivity contribution in [3.63, 3.8) is 0 Å². The fraction of sp³-hybridized carbons (Fsp3) is 0.333. The second-order valence-corrected chi connectivity index (χ2v) is 3.30. The van der Waals surface area contributed by atoms with Crippen molar-refractivity contribution >= 4 is 5.82 Å². The maximum absolute atomic E-state index is 11.1. The largest absolute Gasteiger partial charge is 0.361 e. The molecule has 0 atom stereocenters. The van der Waals surface area contributed by atoms with Crippen LogP contribution in [0.1, 0.15) is 17.5 Å². The van der Waals surface area contributed by atoms with E-state index < -0.39 is 0 Å². The van der Waals surface area contributed by atoms with Crippen molar-refractivity contribution in [1.82, 2.24) is 20.1 Å².